The lowest BCUT2D eigenvalue weighted by molar-refractivity contribution is -0.0132. The summed E-state index contributed by atoms with van der Waals surface area (Å²) in [6, 6.07) is 8.19. The molecule has 6 nitrogen and oxygen atoms in total. The number of nitrogens with zero attached hydrogens (tertiary/aromatic N) is 2. The maximum Gasteiger partial charge on any atom is 0.322 e. The summed E-state index contributed by atoms with van der Waals surface area (Å²) in [6.07, 6.45) is -0.0412. The maximum absolute atomic E-state index is 12.8. The zero-order valence-electron chi connectivity index (χ0n) is 15.5. The van der Waals surface area contributed by atoms with E-state index in [1.807, 2.05) is 23.3 Å². The third-order valence-electron chi connectivity index (χ3n) is 5.10. The van der Waals surface area contributed by atoms with E-state index in [0.29, 0.717) is 19.7 Å². The van der Waals surface area contributed by atoms with Crippen molar-refractivity contribution >= 4 is 28.7 Å². The molecule has 0 radical (unpaired) electrons. The Morgan fingerprint density at radius 3 is 2.78 bits per heavy atom. The van der Waals surface area contributed by atoms with Crippen LogP contribution < -0.4 is 10.2 Å². The van der Waals surface area contributed by atoms with Crippen LogP contribution in [0.4, 0.5) is 16.2 Å². The molecular formula is C20H25N3O3S. The summed E-state index contributed by atoms with van der Waals surface area (Å²) in [5, 5.41) is 7.19. The Bertz CT molecular complexity index is 775. The Morgan fingerprint density at radius 1 is 1.19 bits per heavy atom. The molecule has 2 aliphatic rings. The Hall–Kier alpha value is -2.09. The summed E-state index contributed by atoms with van der Waals surface area (Å²) < 4.78 is 11.2. The zero-order valence-corrected chi connectivity index (χ0v) is 16.3. The molecular weight excluding hydrogens is 362 g/mol. The lowest BCUT2D eigenvalue weighted by atomic mass is 10.1. The van der Waals surface area contributed by atoms with Gasteiger partial charge in [-0.1, -0.05) is 0 Å². The highest BCUT2D eigenvalue weighted by Crippen LogP contribution is 2.26. The number of anilines is 2. The summed E-state index contributed by atoms with van der Waals surface area (Å²) in [4.78, 5) is 16.9. The van der Waals surface area contributed by atoms with Gasteiger partial charge in [0.25, 0.3) is 0 Å². The van der Waals surface area contributed by atoms with Crippen molar-refractivity contribution in [2.75, 3.05) is 56.2 Å². The van der Waals surface area contributed by atoms with E-state index in [9.17, 15) is 4.79 Å². The first kappa shape index (κ1) is 18.3. The van der Waals surface area contributed by atoms with Gasteiger partial charge in [0.15, 0.2) is 0 Å². The first-order valence-corrected chi connectivity index (χ1v) is 10.3. The fourth-order valence-corrected chi connectivity index (χ4v) is 4.20. The highest BCUT2D eigenvalue weighted by molar-refractivity contribution is 7.07. The number of hydrogen-bond acceptors (Lipinski definition) is 5. The minimum Gasteiger partial charge on any atom is -0.378 e. The van der Waals surface area contributed by atoms with Crippen molar-refractivity contribution in [2.45, 2.75) is 13.0 Å². The van der Waals surface area contributed by atoms with Crippen LogP contribution in [0.2, 0.25) is 0 Å². The SMILES string of the molecule is Cc1cc(N2CCOCC2)ccc1NC(=O)N1CCOC(c2ccsc2)C1. The van der Waals surface area contributed by atoms with Crippen LogP contribution in [-0.4, -0.2) is 56.9 Å². The lowest BCUT2D eigenvalue weighted by Gasteiger charge is -2.33. The first-order chi connectivity index (χ1) is 13.2. The number of amides is 2. The van der Waals surface area contributed by atoms with Gasteiger partial charge in [0.1, 0.15) is 6.10 Å². The van der Waals surface area contributed by atoms with Crippen molar-refractivity contribution in [1.82, 2.24) is 4.90 Å². The molecule has 0 spiro atoms. The van der Waals surface area contributed by atoms with Crippen molar-refractivity contribution in [1.29, 1.82) is 0 Å². The van der Waals surface area contributed by atoms with Crippen LogP contribution in [0.3, 0.4) is 0 Å². The largest absolute Gasteiger partial charge is 0.378 e. The molecule has 144 valence electrons. The van der Waals surface area contributed by atoms with Crippen LogP contribution in [0, 0.1) is 6.92 Å². The topological polar surface area (TPSA) is 54.0 Å². The normalized spacial score (nSPS) is 20.6. The standard InChI is InChI=1S/C20H25N3O3S/c1-15-12-17(22-5-8-25-9-6-22)2-3-18(15)21-20(24)23-7-10-26-19(13-23)16-4-11-27-14-16/h2-4,11-12,14,19H,5-10,13H2,1H3,(H,21,24). The zero-order chi connectivity index (χ0) is 18.6. The number of ether oxygens (including phenoxy) is 2. The van der Waals surface area contributed by atoms with Gasteiger partial charge in [0.2, 0.25) is 0 Å². The second kappa shape index (κ2) is 8.29. The second-order valence-electron chi connectivity index (χ2n) is 6.89. The predicted octanol–water partition coefficient (Wildman–Crippen LogP) is 3.50. The van der Waals surface area contributed by atoms with E-state index < -0.39 is 0 Å². The van der Waals surface area contributed by atoms with Crippen molar-refractivity contribution in [3.8, 4) is 0 Å². The summed E-state index contributed by atoms with van der Waals surface area (Å²) >= 11 is 1.65. The first-order valence-electron chi connectivity index (χ1n) is 9.34. The van der Waals surface area contributed by atoms with E-state index in [-0.39, 0.29) is 12.1 Å². The Morgan fingerprint density at radius 2 is 2.04 bits per heavy atom. The van der Waals surface area contributed by atoms with Gasteiger partial charge in [0.05, 0.1) is 26.4 Å². The van der Waals surface area contributed by atoms with Crippen LogP contribution in [0.1, 0.15) is 17.2 Å². The number of urea groups is 1. The van der Waals surface area contributed by atoms with Gasteiger partial charge >= 0.3 is 6.03 Å². The molecule has 0 bridgehead atoms. The third kappa shape index (κ3) is 4.26. The highest BCUT2D eigenvalue weighted by Gasteiger charge is 2.26. The van der Waals surface area contributed by atoms with E-state index in [1.54, 1.807) is 11.3 Å². The third-order valence-corrected chi connectivity index (χ3v) is 5.80. The number of carbonyl (C=O) groups is 1. The van der Waals surface area contributed by atoms with E-state index >= 15 is 0 Å². The molecule has 4 rings (SSSR count). The molecule has 1 aromatic heterocycles. The Kier molecular flexibility index (Phi) is 5.61. The number of benzene rings is 1. The van der Waals surface area contributed by atoms with E-state index in [1.165, 1.54) is 5.69 Å². The van der Waals surface area contributed by atoms with Crippen LogP contribution in [0.15, 0.2) is 35.0 Å². The van der Waals surface area contributed by atoms with Gasteiger partial charge in [-0.15, -0.1) is 0 Å². The summed E-state index contributed by atoms with van der Waals surface area (Å²) in [5.74, 6) is 0. The molecule has 1 atom stereocenters. The van der Waals surface area contributed by atoms with Crippen LogP contribution in [0.25, 0.3) is 0 Å². The quantitative estimate of drug-likeness (QED) is 0.876. The number of rotatable bonds is 3. The average Bonchev–Trinajstić information content (AvgIpc) is 3.25. The van der Waals surface area contributed by atoms with Crippen molar-refractivity contribution in [3.63, 3.8) is 0 Å². The average molecular weight is 388 g/mol. The monoisotopic (exact) mass is 387 g/mol. The highest BCUT2D eigenvalue weighted by atomic mass is 32.1. The molecule has 2 fully saturated rings. The molecule has 2 aromatic rings. The van der Waals surface area contributed by atoms with Crippen molar-refractivity contribution in [3.05, 3.63) is 46.2 Å². The summed E-state index contributed by atoms with van der Waals surface area (Å²) in [6.45, 7) is 7.12. The number of aryl methyl sites for hydroxylation is 1. The number of carbonyl (C=O) groups excluding carboxylic acids is 1. The minimum absolute atomic E-state index is 0.0412. The molecule has 0 aliphatic carbocycles. The number of morpholine rings is 2. The molecule has 7 heteroatoms. The van der Waals surface area contributed by atoms with Gasteiger partial charge in [0, 0.05) is 31.0 Å². The molecule has 1 N–H and O–H groups in total. The molecule has 3 heterocycles. The molecule has 1 unspecified atom stereocenters. The number of thiophene rings is 1. The van der Waals surface area contributed by atoms with Crippen LogP contribution in [0.5, 0.6) is 0 Å². The molecule has 0 saturated carbocycles. The van der Waals surface area contributed by atoms with Gasteiger partial charge in [-0.2, -0.15) is 11.3 Å². The minimum atomic E-state index is -0.0687. The van der Waals surface area contributed by atoms with Crippen molar-refractivity contribution in [2.24, 2.45) is 0 Å². The Labute approximate surface area is 163 Å². The summed E-state index contributed by atoms with van der Waals surface area (Å²) in [7, 11) is 0. The van der Waals surface area contributed by atoms with Crippen molar-refractivity contribution < 1.29 is 14.3 Å². The fourth-order valence-electron chi connectivity index (χ4n) is 3.49. The number of hydrogen-bond donors (Lipinski definition) is 1. The van der Waals surface area contributed by atoms with Gasteiger partial charge in [-0.05, 0) is 53.1 Å². The smallest absolute Gasteiger partial charge is 0.322 e. The van der Waals surface area contributed by atoms with Gasteiger partial charge in [-0.3, -0.25) is 0 Å². The second-order valence-corrected chi connectivity index (χ2v) is 7.67. The molecule has 1 aromatic carbocycles. The van der Waals surface area contributed by atoms with E-state index in [4.69, 9.17) is 9.47 Å². The van der Waals surface area contributed by atoms with E-state index in [2.05, 4.69) is 33.8 Å². The summed E-state index contributed by atoms with van der Waals surface area (Å²) in [5.41, 5.74) is 4.24. The van der Waals surface area contributed by atoms with Gasteiger partial charge in [-0.25, -0.2) is 4.79 Å². The predicted molar refractivity (Wildman–Crippen MR) is 108 cm³/mol. The van der Waals surface area contributed by atoms with Crippen LogP contribution in [-0.2, 0) is 9.47 Å². The fraction of sp³-hybridized carbons (Fsp3) is 0.450. The Balaban J connectivity index is 1.40. The van der Waals surface area contributed by atoms with Crippen LogP contribution >= 0.6 is 11.3 Å². The molecule has 27 heavy (non-hydrogen) atoms. The van der Waals surface area contributed by atoms with E-state index in [0.717, 1.165) is 43.1 Å². The lowest BCUT2D eigenvalue weighted by Crippen LogP contribution is -2.44. The maximum atomic E-state index is 12.8. The molecule has 2 saturated heterocycles. The molecule has 2 aliphatic heterocycles. The van der Waals surface area contributed by atoms with Gasteiger partial charge < -0.3 is 24.6 Å². The number of nitrogens with one attached hydrogen (secondary N) is 1. The molecule has 2 amide bonds.